The molecule has 1 aliphatic carbocycles. The predicted molar refractivity (Wildman–Crippen MR) is 61.2 cm³/mol. The molecule has 0 radical (unpaired) electrons. The van der Waals surface area contributed by atoms with Gasteiger partial charge in [-0.1, -0.05) is 18.2 Å². The molecule has 0 bridgehead atoms. The van der Waals surface area contributed by atoms with Gasteiger partial charge in [0.2, 0.25) is 0 Å². The van der Waals surface area contributed by atoms with Crippen molar-refractivity contribution in [2.24, 2.45) is 11.1 Å². The first-order valence-electron chi connectivity index (χ1n) is 5.17. The smallest absolute Gasteiger partial charge is 0.312 e. The summed E-state index contributed by atoms with van der Waals surface area (Å²) >= 11 is 0. The third-order valence-corrected chi connectivity index (χ3v) is 5.54. The SMILES string of the molecule is NC[C@@]1(C(=O)O)C[C@H]1S(=O)(=O)c1ccccc1. The zero-order valence-electron chi connectivity index (χ0n) is 9.04. The molecule has 2 rings (SSSR count). The fourth-order valence-corrected chi connectivity index (χ4v) is 4.15. The molecule has 1 aromatic rings. The van der Waals surface area contributed by atoms with Crippen molar-refractivity contribution in [1.82, 2.24) is 0 Å². The van der Waals surface area contributed by atoms with E-state index in [1.165, 1.54) is 12.1 Å². The second-order valence-corrected chi connectivity index (χ2v) is 6.35. The molecule has 0 aromatic heterocycles. The van der Waals surface area contributed by atoms with Gasteiger partial charge in [0.25, 0.3) is 0 Å². The maximum Gasteiger partial charge on any atom is 0.312 e. The molecule has 3 N–H and O–H groups in total. The first-order valence-corrected chi connectivity index (χ1v) is 6.72. The summed E-state index contributed by atoms with van der Waals surface area (Å²) in [6.45, 7) is -0.154. The van der Waals surface area contributed by atoms with Gasteiger partial charge in [-0.15, -0.1) is 0 Å². The molecule has 0 saturated heterocycles. The van der Waals surface area contributed by atoms with E-state index in [1.807, 2.05) is 0 Å². The van der Waals surface area contributed by atoms with Gasteiger partial charge in [-0.3, -0.25) is 4.79 Å². The van der Waals surface area contributed by atoms with Crippen LogP contribution in [0.2, 0.25) is 0 Å². The molecule has 2 atom stereocenters. The van der Waals surface area contributed by atoms with Crippen molar-refractivity contribution < 1.29 is 18.3 Å². The highest BCUT2D eigenvalue weighted by Gasteiger charge is 2.66. The van der Waals surface area contributed by atoms with Gasteiger partial charge in [-0.25, -0.2) is 8.42 Å². The minimum atomic E-state index is -3.59. The lowest BCUT2D eigenvalue weighted by Crippen LogP contribution is -2.31. The number of aliphatic carboxylic acids is 1. The number of hydrogen-bond donors (Lipinski definition) is 2. The van der Waals surface area contributed by atoms with Crippen LogP contribution in [0.5, 0.6) is 0 Å². The Kier molecular flexibility index (Phi) is 2.71. The van der Waals surface area contributed by atoms with E-state index in [-0.39, 0.29) is 17.9 Å². The third kappa shape index (κ3) is 1.73. The van der Waals surface area contributed by atoms with Crippen LogP contribution < -0.4 is 5.73 Å². The van der Waals surface area contributed by atoms with E-state index in [0.717, 1.165) is 0 Å². The molecule has 92 valence electrons. The van der Waals surface area contributed by atoms with Crippen LogP contribution in [-0.2, 0) is 14.6 Å². The molecule has 0 unspecified atom stereocenters. The molecule has 17 heavy (non-hydrogen) atoms. The highest BCUT2D eigenvalue weighted by atomic mass is 32.2. The second kappa shape index (κ2) is 3.82. The second-order valence-electron chi connectivity index (χ2n) is 4.22. The molecule has 0 heterocycles. The third-order valence-electron chi connectivity index (χ3n) is 3.24. The molecule has 6 heteroatoms. The Morgan fingerprint density at radius 1 is 1.41 bits per heavy atom. The molecule has 0 spiro atoms. The minimum absolute atomic E-state index is 0.0933. The molecular formula is C11H13NO4S. The average Bonchev–Trinajstić information content (AvgIpc) is 3.07. The van der Waals surface area contributed by atoms with Crippen molar-refractivity contribution >= 4 is 15.8 Å². The molecular weight excluding hydrogens is 242 g/mol. The van der Waals surface area contributed by atoms with E-state index in [4.69, 9.17) is 10.8 Å². The molecule has 0 aliphatic heterocycles. The van der Waals surface area contributed by atoms with E-state index in [2.05, 4.69) is 0 Å². The molecule has 0 amide bonds. The van der Waals surface area contributed by atoms with E-state index >= 15 is 0 Å². The summed E-state index contributed by atoms with van der Waals surface area (Å²) in [7, 11) is -3.59. The molecule has 5 nitrogen and oxygen atoms in total. The number of benzene rings is 1. The lowest BCUT2D eigenvalue weighted by atomic mass is 10.1. The number of sulfone groups is 1. The Morgan fingerprint density at radius 3 is 2.41 bits per heavy atom. The molecule has 1 saturated carbocycles. The topological polar surface area (TPSA) is 97.5 Å². The van der Waals surface area contributed by atoms with Gasteiger partial charge in [-0.05, 0) is 18.6 Å². The van der Waals surface area contributed by atoms with Gasteiger partial charge in [0, 0.05) is 6.54 Å². The molecule has 1 aromatic carbocycles. The molecule has 1 fully saturated rings. The van der Waals surface area contributed by atoms with Crippen LogP contribution in [0.1, 0.15) is 6.42 Å². The van der Waals surface area contributed by atoms with Crippen LogP contribution in [0, 0.1) is 5.41 Å². The van der Waals surface area contributed by atoms with Crippen LogP contribution in [0.15, 0.2) is 35.2 Å². The maximum atomic E-state index is 12.2. The van der Waals surface area contributed by atoms with E-state index in [0.29, 0.717) is 0 Å². The standard InChI is InChI=1S/C11H13NO4S/c12-7-11(10(13)14)6-9(11)17(15,16)8-4-2-1-3-5-8/h1-5,9H,6-7,12H2,(H,13,14)/t9-,11+/m1/s1. The summed E-state index contributed by atoms with van der Waals surface area (Å²) in [5.74, 6) is -1.13. The lowest BCUT2D eigenvalue weighted by Gasteiger charge is -2.09. The fraction of sp³-hybridized carbons (Fsp3) is 0.364. The van der Waals surface area contributed by atoms with E-state index < -0.39 is 26.5 Å². The fourth-order valence-electron chi connectivity index (χ4n) is 1.98. The van der Waals surface area contributed by atoms with Crippen molar-refractivity contribution in [3.8, 4) is 0 Å². The number of carboxylic acids is 1. The number of hydrogen-bond acceptors (Lipinski definition) is 4. The van der Waals surface area contributed by atoms with Crippen molar-refractivity contribution in [1.29, 1.82) is 0 Å². The minimum Gasteiger partial charge on any atom is -0.481 e. The summed E-state index contributed by atoms with van der Waals surface area (Å²) in [4.78, 5) is 11.2. The Bertz CT molecular complexity index is 540. The highest BCUT2D eigenvalue weighted by molar-refractivity contribution is 7.92. The number of carboxylic acid groups (broad SMARTS) is 1. The predicted octanol–water partition coefficient (Wildman–Crippen LogP) is 0.262. The number of carbonyl (C=O) groups is 1. The first kappa shape index (κ1) is 12.1. The van der Waals surface area contributed by atoms with Crippen molar-refractivity contribution in [2.45, 2.75) is 16.6 Å². The zero-order valence-corrected chi connectivity index (χ0v) is 9.85. The van der Waals surface area contributed by atoms with Gasteiger partial charge < -0.3 is 10.8 Å². The largest absolute Gasteiger partial charge is 0.481 e. The van der Waals surface area contributed by atoms with Gasteiger partial charge >= 0.3 is 5.97 Å². The summed E-state index contributed by atoms with van der Waals surface area (Å²) < 4.78 is 24.3. The quantitative estimate of drug-likeness (QED) is 0.804. The number of rotatable bonds is 4. The van der Waals surface area contributed by atoms with Gasteiger partial charge in [0.1, 0.15) is 0 Å². The monoisotopic (exact) mass is 255 g/mol. The van der Waals surface area contributed by atoms with Crippen molar-refractivity contribution in [3.63, 3.8) is 0 Å². The van der Waals surface area contributed by atoms with Crippen LogP contribution in [0.25, 0.3) is 0 Å². The van der Waals surface area contributed by atoms with E-state index in [1.54, 1.807) is 18.2 Å². The Hall–Kier alpha value is -1.40. The summed E-state index contributed by atoms with van der Waals surface area (Å²) in [5.41, 5.74) is 4.09. The van der Waals surface area contributed by atoms with Crippen molar-refractivity contribution in [3.05, 3.63) is 30.3 Å². The average molecular weight is 255 g/mol. The van der Waals surface area contributed by atoms with Gasteiger partial charge in [-0.2, -0.15) is 0 Å². The van der Waals surface area contributed by atoms with Crippen LogP contribution in [-0.4, -0.2) is 31.3 Å². The van der Waals surface area contributed by atoms with Crippen LogP contribution in [0.4, 0.5) is 0 Å². The summed E-state index contributed by atoms with van der Waals surface area (Å²) in [6, 6.07) is 7.87. The Balaban J connectivity index is 2.36. The zero-order chi connectivity index (χ0) is 12.7. The highest BCUT2D eigenvalue weighted by Crippen LogP contribution is 2.51. The van der Waals surface area contributed by atoms with Crippen LogP contribution >= 0.6 is 0 Å². The van der Waals surface area contributed by atoms with Gasteiger partial charge in [0.05, 0.1) is 15.6 Å². The normalized spacial score (nSPS) is 27.7. The van der Waals surface area contributed by atoms with Crippen LogP contribution in [0.3, 0.4) is 0 Å². The molecule has 1 aliphatic rings. The summed E-state index contributed by atoms with van der Waals surface area (Å²) in [5, 5.41) is 8.14. The van der Waals surface area contributed by atoms with Crippen molar-refractivity contribution in [2.75, 3.05) is 6.54 Å². The Morgan fingerprint density at radius 2 is 2.00 bits per heavy atom. The number of nitrogens with two attached hydrogens (primary N) is 1. The van der Waals surface area contributed by atoms with E-state index in [9.17, 15) is 13.2 Å². The maximum absolute atomic E-state index is 12.2. The Labute approximate surface area is 99.2 Å². The lowest BCUT2D eigenvalue weighted by molar-refractivity contribution is -0.142. The summed E-state index contributed by atoms with van der Waals surface area (Å²) in [6.07, 6.45) is 0.0933. The van der Waals surface area contributed by atoms with Gasteiger partial charge in [0.15, 0.2) is 9.84 Å². The first-order chi connectivity index (χ1) is 7.95.